The largest absolute Gasteiger partial charge is 0.368 e. The predicted octanol–water partition coefficient (Wildman–Crippen LogP) is 1.80. The average molecular weight is 210 g/mol. The number of rotatable bonds is 4. The minimum absolute atomic E-state index is 0.103. The molecule has 0 spiro atoms. The molecule has 2 unspecified atom stereocenters. The summed E-state index contributed by atoms with van der Waals surface area (Å²) in [6.07, 6.45) is 4.54. The van der Waals surface area contributed by atoms with Crippen molar-refractivity contribution in [2.45, 2.75) is 32.2 Å². The average Bonchev–Trinajstić information content (AvgIpc) is 2.91. The number of hydrogen-bond acceptors (Lipinski definition) is 4. The quantitative estimate of drug-likeness (QED) is 0.795. The van der Waals surface area contributed by atoms with Crippen LogP contribution in [0.3, 0.4) is 0 Å². The summed E-state index contributed by atoms with van der Waals surface area (Å²) in [5.41, 5.74) is 5.39. The molecule has 0 saturated heterocycles. The van der Waals surface area contributed by atoms with Crippen molar-refractivity contribution in [3.8, 4) is 0 Å². The molecule has 15 heavy (non-hydrogen) atoms. The van der Waals surface area contributed by atoms with Gasteiger partial charge in [0.1, 0.15) is 0 Å². The zero-order valence-electron chi connectivity index (χ0n) is 8.70. The van der Waals surface area contributed by atoms with Crippen LogP contribution in [0, 0.1) is 11.7 Å². The number of nitrogens with one attached hydrogen (secondary N) is 1. The third kappa shape index (κ3) is 2.34. The van der Waals surface area contributed by atoms with Crippen molar-refractivity contribution in [2.24, 2.45) is 5.92 Å². The lowest BCUT2D eigenvalue weighted by molar-refractivity contribution is 0.615. The lowest BCUT2D eigenvalue weighted by atomic mass is 10.2. The van der Waals surface area contributed by atoms with Gasteiger partial charge in [-0.25, -0.2) is 9.37 Å². The van der Waals surface area contributed by atoms with Crippen molar-refractivity contribution < 1.29 is 4.39 Å². The Morgan fingerprint density at radius 3 is 3.20 bits per heavy atom. The van der Waals surface area contributed by atoms with Crippen molar-refractivity contribution >= 4 is 11.8 Å². The second kappa shape index (κ2) is 4.00. The summed E-state index contributed by atoms with van der Waals surface area (Å²) in [6, 6.07) is 0.355. The van der Waals surface area contributed by atoms with Crippen LogP contribution >= 0.6 is 0 Å². The van der Waals surface area contributed by atoms with E-state index in [1.165, 1.54) is 6.42 Å². The molecule has 2 atom stereocenters. The smallest absolute Gasteiger partial charge is 0.222 e. The first-order valence-corrected chi connectivity index (χ1v) is 5.25. The van der Waals surface area contributed by atoms with Gasteiger partial charge in [-0.15, -0.1) is 0 Å². The number of nitrogens with two attached hydrogens (primary N) is 1. The minimum Gasteiger partial charge on any atom is -0.368 e. The van der Waals surface area contributed by atoms with Gasteiger partial charge in [0, 0.05) is 6.04 Å². The highest BCUT2D eigenvalue weighted by molar-refractivity contribution is 5.41. The van der Waals surface area contributed by atoms with Gasteiger partial charge in [0.15, 0.2) is 11.6 Å². The van der Waals surface area contributed by atoms with E-state index in [0.717, 1.165) is 19.0 Å². The molecule has 0 aromatic carbocycles. The Bertz CT molecular complexity index is 355. The zero-order valence-corrected chi connectivity index (χ0v) is 8.70. The number of halogens is 1. The Labute approximate surface area is 88.1 Å². The summed E-state index contributed by atoms with van der Waals surface area (Å²) in [5, 5.41) is 3.05. The standard InChI is InChI=1S/C10H15FN4/c1-2-3-6-4-8(6)14-9-7(11)5-13-10(12)15-9/h5-6,8H,2-4H2,1H3,(H3,12,13,14,15). The van der Waals surface area contributed by atoms with Crippen LogP contribution in [0.25, 0.3) is 0 Å². The number of aromatic nitrogens is 2. The molecule has 0 amide bonds. The second-order valence-electron chi connectivity index (χ2n) is 3.96. The number of hydrogen-bond donors (Lipinski definition) is 2. The molecule has 1 aliphatic carbocycles. The molecule has 4 nitrogen and oxygen atoms in total. The van der Waals surface area contributed by atoms with Crippen molar-refractivity contribution in [3.05, 3.63) is 12.0 Å². The first kappa shape index (κ1) is 10.1. The summed E-state index contributed by atoms with van der Waals surface area (Å²) in [5.74, 6) is 0.551. The van der Waals surface area contributed by atoms with Crippen molar-refractivity contribution in [2.75, 3.05) is 11.1 Å². The van der Waals surface area contributed by atoms with Crippen molar-refractivity contribution in [1.82, 2.24) is 9.97 Å². The van der Waals surface area contributed by atoms with Gasteiger partial charge in [0.05, 0.1) is 6.20 Å². The predicted molar refractivity (Wildman–Crippen MR) is 56.8 cm³/mol. The van der Waals surface area contributed by atoms with Crippen LogP contribution in [0.15, 0.2) is 6.20 Å². The van der Waals surface area contributed by atoms with Crippen molar-refractivity contribution in [1.29, 1.82) is 0 Å². The van der Waals surface area contributed by atoms with Gasteiger partial charge in [0.25, 0.3) is 0 Å². The van der Waals surface area contributed by atoms with Gasteiger partial charge >= 0.3 is 0 Å². The molecular formula is C10H15FN4. The van der Waals surface area contributed by atoms with E-state index in [-0.39, 0.29) is 11.8 Å². The number of nitrogens with zero attached hydrogens (tertiary/aromatic N) is 2. The lowest BCUT2D eigenvalue weighted by Gasteiger charge is -2.05. The molecule has 3 N–H and O–H groups in total. The molecule has 0 aliphatic heterocycles. The molecule has 0 radical (unpaired) electrons. The monoisotopic (exact) mass is 210 g/mol. The third-order valence-corrected chi connectivity index (χ3v) is 2.67. The molecule has 1 aliphatic rings. The molecule has 1 aromatic rings. The molecule has 0 bridgehead atoms. The van der Waals surface area contributed by atoms with Gasteiger partial charge in [-0.05, 0) is 18.8 Å². The first-order chi connectivity index (χ1) is 7.20. The van der Waals surface area contributed by atoms with Crippen LogP contribution < -0.4 is 11.1 Å². The van der Waals surface area contributed by atoms with Gasteiger partial charge in [-0.2, -0.15) is 4.98 Å². The fourth-order valence-electron chi connectivity index (χ4n) is 1.77. The zero-order chi connectivity index (χ0) is 10.8. The van der Waals surface area contributed by atoms with E-state index >= 15 is 0 Å². The second-order valence-corrected chi connectivity index (χ2v) is 3.96. The Morgan fingerprint density at radius 2 is 2.47 bits per heavy atom. The van der Waals surface area contributed by atoms with Crippen LogP contribution in [0.1, 0.15) is 26.2 Å². The molecule has 5 heteroatoms. The van der Waals surface area contributed by atoms with Gasteiger partial charge in [-0.1, -0.05) is 13.3 Å². The summed E-state index contributed by atoms with van der Waals surface area (Å²) >= 11 is 0. The lowest BCUT2D eigenvalue weighted by Crippen LogP contribution is -2.10. The van der Waals surface area contributed by atoms with Crippen LogP contribution in [0.5, 0.6) is 0 Å². The van der Waals surface area contributed by atoms with E-state index in [4.69, 9.17) is 5.73 Å². The normalized spacial score (nSPS) is 23.9. The van der Waals surface area contributed by atoms with Gasteiger partial charge in [0.2, 0.25) is 5.95 Å². The summed E-state index contributed by atoms with van der Waals surface area (Å²) in [4.78, 5) is 7.40. The highest BCUT2D eigenvalue weighted by atomic mass is 19.1. The van der Waals surface area contributed by atoms with E-state index in [0.29, 0.717) is 12.0 Å². The Hall–Kier alpha value is -1.39. The molecule has 1 heterocycles. The maximum Gasteiger partial charge on any atom is 0.222 e. The van der Waals surface area contributed by atoms with Crippen LogP contribution in [-0.2, 0) is 0 Å². The van der Waals surface area contributed by atoms with Crippen LogP contribution in [-0.4, -0.2) is 16.0 Å². The van der Waals surface area contributed by atoms with E-state index in [2.05, 4.69) is 22.2 Å². The maximum atomic E-state index is 13.2. The topological polar surface area (TPSA) is 63.8 Å². The Balaban J connectivity index is 1.97. The highest BCUT2D eigenvalue weighted by Crippen LogP contribution is 2.37. The fraction of sp³-hybridized carbons (Fsp3) is 0.600. The Kier molecular flexibility index (Phi) is 2.70. The summed E-state index contributed by atoms with van der Waals surface area (Å²) in [6.45, 7) is 2.15. The molecule has 1 saturated carbocycles. The van der Waals surface area contributed by atoms with Crippen molar-refractivity contribution in [3.63, 3.8) is 0 Å². The SMILES string of the molecule is CCCC1CC1Nc1nc(N)ncc1F. The number of anilines is 2. The summed E-state index contributed by atoms with van der Waals surface area (Å²) in [7, 11) is 0. The van der Waals surface area contributed by atoms with E-state index in [1.54, 1.807) is 0 Å². The van der Waals surface area contributed by atoms with Crippen LogP contribution in [0.2, 0.25) is 0 Å². The molecule has 1 aromatic heterocycles. The summed E-state index contributed by atoms with van der Waals surface area (Å²) < 4.78 is 13.2. The fourth-order valence-corrected chi connectivity index (χ4v) is 1.77. The van der Waals surface area contributed by atoms with E-state index in [9.17, 15) is 4.39 Å². The first-order valence-electron chi connectivity index (χ1n) is 5.25. The molecular weight excluding hydrogens is 195 g/mol. The van der Waals surface area contributed by atoms with Gasteiger partial charge in [-0.3, -0.25) is 0 Å². The molecule has 82 valence electrons. The molecule has 2 rings (SSSR count). The van der Waals surface area contributed by atoms with Crippen LogP contribution in [0.4, 0.5) is 16.2 Å². The highest BCUT2D eigenvalue weighted by Gasteiger charge is 2.36. The van der Waals surface area contributed by atoms with E-state index in [1.807, 2.05) is 0 Å². The van der Waals surface area contributed by atoms with Gasteiger partial charge < -0.3 is 11.1 Å². The Morgan fingerprint density at radius 1 is 1.67 bits per heavy atom. The minimum atomic E-state index is -0.439. The van der Waals surface area contributed by atoms with E-state index < -0.39 is 5.82 Å². The molecule has 1 fully saturated rings. The third-order valence-electron chi connectivity index (χ3n) is 2.67. The maximum absolute atomic E-state index is 13.2. The number of nitrogen functional groups attached to an aromatic ring is 1.